The molecule has 1 heterocycles. The molecule has 0 unspecified atom stereocenters. The van der Waals surface area contributed by atoms with Crippen LogP contribution in [0.25, 0.3) is 0 Å². The number of amides is 2. The van der Waals surface area contributed by atoms with E-state index in [0.717, 1.165) is 17.4 Å². The largest absolute Gasteiger partial charge is 0.493 e. The summed E-state index contributed by atoms with van der Waals surface area (Å²) in [7, 11) is 2.86. The second-order valence-electron chi connectivity index (χ2n) is 6.08. The van der Waals surface area contributed by atoms with Crippen molar-refractivity contribution in [3.63, 3.8) is 0 Å². The first-order valence-electron chi connectivity index (χ1n) is 8.67. The Hall–Kier alpha value is -3.74. The Bertz CT molecular complexity index is 1170. The third-order valence-corrected chi connectivity index (χ3v) is 4.85. The van der Waals surface area contributed by atoms with Crippen LogP contribution in [0.1, 0.15) is 20.9 Å². The Morgan fingerprint density at radius 3 is 2.34 bits per heavy atom. The molecule has 0 bridgehead atoms. The van der Waals surface area contributed by atoms with Gasteiger partial charge in [-0.25, -0.2) is 9.18 Å². The Morgan fingerprint density at radius 2 is 1.69 bits per heavy atom. The second kappa shape index (κ2) is 9.18. The van der Waals surface area contributed by atoms with Gasteiger partial charge in [0, 0.05) is 11.3 Å². The number of ketones is 1. The standard InChI is InChI=1S/C19H14F4N4O4S/c1-30-13-6-3-9(7-14(13)31-2)15(28)16-26-27-18(32-16)25-17(29)24-10-4-5-12(20)11(8-10)19(21,22)23/h3-8H,1-2H3,(H2,24,25,27,29). The average molecular weight is 470 g/mol. The van der Waals surface area contributed by atoms with Gasteiger partial charge in [0.1, 0.15) is 5.82 Å². The maximum Gasteiger partial charge on any atom is 0.419 e. The van der Waals surface area contributed by atoms with Gasteiger partial charge in [-0.1, -0.05) is 11.3 Å². The summed E-state index contributed by atoms with van der Waals surface area (Å²) in [6.45, 7) is 0. The summed E-state index contributed by atoms with van der Waals surface area (Å²) in [6.07, 6.45) is -4.92. The predicted octanol–water partition coefficient (Wildman–Crippen LogP) is 4.59. The zero-order valence-corrected chi connectivity index (χ0v) is 17.2. The zero-order valence-electron chi connectivity index (χ0n) is 16.4. The van der Waals surface area contributed by atoms with Crippen LogP contribution in [-0.2, 0) is 6.18 Å². The zero-order chi connectivity index (χ0) is 23.5. The first kappa shape index (κ1) is 22.9. The summed E-state index contributed by atoms with van der Waals surface area (Å²) in [6, 6.07) is 5.55. The molecule has 0 radical (unpaired) electrons. The van der Waals surface area contributed by atoms with Gasteiger partial charge in [-0.3, -0.25) is 10.1 Å². The molecule has 32 heavy (non-hydrogen) atoms. The van der Waals surface area contributed by atoms with Crippen LogP contribution < -0.4 is 20.1 Å². The maximum absolute atomic E-state index is 13.3. The minimum Gasteiger partial charge on any atom is -0.493 e. The third kappa shape index (κ3) is 5.11. The minimum atomic E-state index is -4.92. The monoisotopic (exact) mass is 470 g/mol. The molecule has 0 saturated carbocycles. The highest BCUT2D eigenvalue weighted by Gasteiger charge is 2.34. The topological polar surface area (TPSA) is 102 Å². The molecule has 2 N–H and O–H groups in total. The van der Waals surface area contributed by atoms with E-state index in [1.165, 1.54) is 32.4 Å². The third-order valence-electron chi connectivity index (χ3n) is 4.02. The van der Waals surface area contributed by atoms with E-state index < -0.39 is 29.4 Å². The van der Waals surface area contributed by atoms with E-state index in [0.29, 0.717) is 23.6 Å². The Labute approximate surface area is 182 Å². The summed E-state index contributed by atoms with van der Waals surface area (Å²) in [5.41, 5.74) is -1.57. The number of aromatic nitrogens is 2. The molecule has 0 saturated heterocycles. The number of hydrogen-bond acceptors (Lipinski definition) is 7. The van der Waals surface area contributed by atoms with Crippen LogP contribution in [0.3, 0.4) is 0 Å². The Kier molecular flexibility index (Phi) is 6.58. The number of methoxy groups -OCH3 is 2. The molecule has 1 aromatic heterocycles. The van der Waals surface area contributed by atoms with Crippen LogP contribution in [0.15, 0.2) is 36.4 Å². The SMILES string of the molecule is COc1ccc(C(=O)c2nnc(NC(=O)Nc3ccc(F)c(C(F)(F)F)c3)s2)cc1OC. The second-order valence-corrected chi connectivity index (χ2v) is 7.06. The van der Waals surface area contributed by atoms with Gasteiger partial charge in [0.15, 0.2) is 16.5 Å². The number of nitrogens with one attached hydrogen (secondary N) is 2. The molecule has 168 valence electrons. The summed E-state index contributed by atoms with van der Waals surface area (Å²) in [5.74, 6) is -1.20. The lowest BCUT2D eigenvalue weighted by molar-refractivity contribution is -0.139. The molecule has 2 amide bonds. The molecule has 0 fully saturated rings. The number of anilines is 2. The fraction of sp³-hybridized carbons (Fsp3) is 0.158. The number of benzene rings is 2. The number of hydrogen-bond donors (Lipinski definition) is 2. The summed E-state index contributed by atoms with van der Waals surface area (Å²) < 4.78 is 62.0. The van der Waals surface area contributed by atoms with Crippen molar-refractivity contribution in [1.29, 1.82) is 0 Å². The number of nitrogens with zero attached hydrogens (tertiary/aromatic N) is 2. The van der Waals surface area contributed by atoms with Crippen molar-refractivity contribution < 1.29 is 36.6 Å². The van der Waals surface area contributed by atoms with Gasteiger partial charge >= 0.3 is 12.2 Å². The van der Waals surface area contributed by atoms with Gasteiger partial charge in [0.2, 0.25) is 10.9 Å². The van der Waals surface area contributed by atoms with Crippen LogP contribution in [0, 0.1) is 5.82 Å². The molecule has 8 nitrogen and oxygen atoms in total. The molecule has 0 aliphatic rings. The highest BCUT2D eigenvalue weighted by atomic mass is 32.1. The van der Waals surface area contributed by atoms with E-state index in [4.69, 9.17) is 9.47 Å². The van der Waals surface area contributed by atoms with Gasteiger partial charge in [-0.2, -0.15) is 13.2 Å². The molecule has 0 aliphatic carbocycles. The molecule has 3 rings (SSSR count). The molecule has 0 aliphatic heterocycles. The van der Waals surface area contributed by atoms with Crippen LogP contribution in [0.2, 0.25) is 0 Å². The lowest BCUT2D eigenvalue weighted by atomic mass is 10.1. The van der Waals surface area contributed by atoms with Gasteiger partial charge < -0.3 is 14.8 Å². The first-order valence-corrected chi connectivity index (χ1v) is 9.49. The van der Waals surface area contributed by atoms with Gasteiger partial charge in [-0.15, -0.1) is 10.2 Å². The van der Waals surface area contributed by atoms with Gasteiger partial charge in [0.05, 0.1) is 19.8 Å². The molecule has 3 aromatic rings. The number of urea groups is 1. The number of carbonyl (C=O) groups excluding carboxylic acids is 2. The lowest BCUT2D eigenvalue weighted by Crippen LogP contribution is -2.20. The smallest absolute Gasteiger partial charge is 0.419 e. The van der Waals surface area contributed by atoms with E-state index in [2.05, 4.69) is 20.8 Å². The van der Waals surface area contributed by atoms with Gasteiger partial charge in [0.25, 0.3) is 0 Å². The summed E-state index contributed by atoms with van der Waals surface area (Å²) in [5, 5.41) is 11.6. The Morgan fingerprint density at radius 1 is 0.969 bits per heavy atom. The maximum atomic E-state index is 13.3. The van der Waals surface area contributed by atoms with E-state index in [1.54, 1.807) is 0 Å². The molecule has 2 aromatic carbocycles. The highest BCUT2D eigenvalue weighted by molar-refractivity contribution is 7.17. The average Bonchev–Trinajstić information content (AvgIpc) is 3.21. The molecular weight excluding hydrogens is 456 g/mol. The fourth-order valence-electron chi connectivity index (χ4n) is 2.55. The van der Waals surface area contributed by atoms with Crippen molar-refractivity contribution in [2.24, 2.45) is 0 Å². The number of carbonyl (C=O) groups is 2. The van der Waals surface area contributed by atoms with Crippen molar-refractivity contribution in [3.8, 4) is 11.5 Å². The van der Waals surface area contributed by atoms with E-state index >= 15 is 0 Å². The van der Waals surface area contributed by atoms with Crippen molar-refractivity contribution in [2.45, 2.75) is 6.18 Å². The van der Waals surface area contributed by atoms with Crippen LogP contribution in [0.5, 0.6) is 11.5 Å². The summed E-state index contributed by atoms with van der Waals surface area (Å²) >= 11 is 0.752. The van der Waals surface area contributed by atoms with E-state index in [9.17, 15) is 27.2 Å². The predicted molar refractivity (Wildman–Crippen MR) is 107 cm³/mol. The van der Waals surface area contributed by atoms with Crippen molar-refractivity contribution >= 4 is 34.0 Å². The normalized spacial score (nSPS) is 11.1. The van der Waals surface area contributed by atoms with E-state index in [-0.39, 0.29) is 21.4 Å². The van der Waals surface area contributed by atoms with E-state index in [1.807, 2.05) is 0 Å². The number of ether oxygens (including phenoxy) is 2. The van der Waals surface area contributed by atoms with Crippen molar-refractivity contribution in [3.05, 3.63) is 58.3 Å². The fourth-order valence-corrected chi connectivity index (χ4v) is 3.25. The van der Waals surface area contributed by atoms with Gasteiger partial charge in [-0.05, 0) is 36.4 Å². The lowest BCUT2D eigenvalue weighted by Gasteiger charge is -2.11. The van der Waals surface area contributed by atoms with Crippen LogP contribution in [-0.4, -0.2) is 36.2 Å². The first-order chi connectivity index (χ1) is 15.1. The van der Waals surface area contributed by atoms with Crippen molar-refractivity contribution in [1.82, 2.24) is 10.2 Å². The Balaban J connectivity index is 1.70. The molecule has 13 heteroatoms. The number of alkyl halides is 3. The quantitative estimate of drug-likeness (QED) is 0.404. The molecular formula is C19H14F4N4O4S. The summed E-state index contributed by atoms with van der Waals surface area (Å²) in [4.78, 5) is 24.7. The van der Waals surface area contributed by atoms with Crippen LogP contribution >= 0.6 is 11.3 Å². The van der Waals surface area contributed by atoms with Crippen LogP contribution in [0.4, 0.5) is 33.2 Å². The number of halogens is 4. The highest BCUT2D eigenvalue weighted by Crippen LogP contribution is 2.33. The van der Waals surface area contributed by atoms with Crippen molar-refractivity contribution in [2.75, 3.05) is 24.9 Å². The molecule has 0 atom stereocenters. The minimum absolute atomic E-state index is 0.0475. The number of rotatable bonds is 6. The molecule has 0 spiro atoms.